The smallest absolute Gasteiger partial charge is 0.144 e. The second-order valence-electron chi connectivity index (χ2n) is 5.69. The number of hydrogen-bond acceptors (Lipinski definition) is 4. The molecule has 0 saturated heterocycles. The number of nitrogens with two attached hydrogens (primary N) is 1. The molecule has 0 atom stereocenters. The number of rotatable bonds is 3. The molecule has 0 fully saturated rings. The molecule has 0 spiro atoms. The number of aromatic nitrogens is 3. The minimum Gasteiger partial charge on any atom is -0.399 e. The van der Waals surface area contributed by atoms with E-state index in [0.717, 1.165) is 37.9 Å². The second kappa shape index (κ2) is 6.43. The van der Waals surface area contributed by atoms with E-state index in [-0.39, 0.29) is 0 Å². The van der Waals surface area contributed by atoms with Crippen LogP contribution in [0.15, 0.2) is 70.8 Å². The second-order valence-corrected chi connectivity index (χ2v) is 7.18. The van der Waals surface area contributed by atoms with Gasteiger partial charge >= 0.3 is 0 Å². The van der Waals surface area contributed by atoms with E-state index in [0.29, 0.717) is 5.02 Å². The molecule has 2 aromatic carbocycles. The zero-order valence-electron chi connectivity index (χ0n) is 13.5. The predicted molar refractivity (Wildman–Crippen MR) is 104 cm³/mol. The summed E-state index contributed by atoms with van der Waals surface area (Å²) >= 11 is 7.67. The molecule has 2 heterocycles. The van der Waals surface area contributed by atoms with Gasteiger partial charge < -0.3 is 10.3 Å². The number of halogens is 1. The lowest BCUT2D eigenvalue weighted by molar-refractivity contribution is 0.944. The first-order chi connectivity index (χ1) is 12.1. The largest absolute Gasteiger partial charge is 0.399 e. The quantitative estimate of drug-likeness (QED) is 0.408. The van der Waals surface area contributed by atoms with Gasteiger partial charge in [0.05, 0.1) is 11.1 Å². The van der Waals surface area contributed by atoms with Crippen molar-refractivity contribution in [2.45, 2.75) is 9.92 Å². The molecule has 0 amide bonds. The van der Waals surface area contributed by atoms with Gasteiger partial charge in [-0.15, -0.1) is 0 Å². The third-order valence-corrected chi connectivity index (χ3v) is 5.25. The van der Waals surface area contributed by atoms with Crippen LogP contribution in [0.25, 0.3) is 22.3 Å². The van der Waals surface area contributed by atoms with Crippen molar-refractivity contribution in [2.24, 2.45) is 7.05 Å². The van der Waals surface area contributed by atoms with E-state index in [1.807, 2.05) is 55.6 Å². The third kappa shape index (κ3) is 3.08. The zero-order valence-corrected chi connectivity index (χ0v) is 15.1. The Morgan fingerprint density at radius 2 is 1.84 bits per heavy atom. The molecular weight excluding hydrogens is 352 g/mol. The number of hydrogen-bond donors (Lipinski definition) is 1. The van der Waals surface area contributed by atoms with Crippen molar-refractivity contribution in [3.63, 3.8) is 0 Å². The van der Waals surface area contributed by atoms with Crippen LogP contribution in [0.4, 0.5) is 5.69 Å². The Labute approximate surface area is 154 Å². The van der Waals surface area contributed by atoms with E-state index < -0.39 is 0 Å². The van der Waals surface area contributed by atoms with Crippen molar-refractivity contribution in [2.75, 3.05) is 5.73 Å². The van der Waals surface area contributed by atoms with E-state index >= 15 is 0 Å². The first kappa shape index (κ1) is 16.0. The fraction of sp³-hybridized carbons (Fsp3) is 0.0526. The molecule has 0 aliphatic carbocycles. The summed E-state index contributed by atoms with van der Waals surface area (Å²) in [4.78, 5) is 9.97. The van der Waals surface area contributed by atoms with Crippen LogP contribution in [0.1, 0.15) is 0 Å². The molecule has 6 heteroatoms. The summed E-state index contributed by atoms with van der Waals surface area (Å²) in [6.07, 6.45) is 1.60. The van der Waals surface area contributed by atoms with Crippen molar-refractivity contribution in [3.05, 3.63) is 65.9 Å². The van der Waals surface area contributed by atoms with Crippen LogP contribution < -0.4 is 5.73 Å². The van der Waals surface area contributed by atoms with Crippen molar-refractivity contribution < 1.29 is 0 Å². The SMILES string of the molecule is Cn1c(-c2ccc(N)cc2)cc2c(Sc3cccc(Cl)c3)ncnc21. The molecule has 0 bridgehead atoms. The van der Waals surface area contributed by atoms with Gasteiger partial charge in [0.25, 0.3) is 0 Å². The van der Waals surface area contributed by atoms with Crippen LogP contribution in [0.3, 0.4) is 0 Å². The Bertz CT molecular complexity index is 1060. The lowest BCUT2D eigenvalue weighted by Crippen LogP contribution is -1.94. The number of nitrogens with zero attached hydrogens (tertiary/aromatic N) is 3. The highest BCUT2D eigenvalue weighted by Crippen LogP contribution is 2.35. The molecule has 0 aliphatic rings. The molecule has 0 radical (unpaired) electrons. The highest BCUT2D eigenvalue weighted by Gasteiger charge is 2.14. The van der Waals surface area contributed by atoms with Gasteiger partial charge in [0.2, 0.25) is 0 Å². The average Bonchev–Trinajstić information content (AvgIpc) is 2.94. The van der Waals surface area contributed by atoms with Gasteiger partial charge in [-0.2, -0.15) is 0 Å². The lowest BCUT2D eigenvalue weighted by atomic mass is 10.1. The summed E-state index contributed by atoms with van der Waals surface area (Å²) in [5, 5.41) is 2.64. The van der Waals surface area contributed by atoms with E-state index in [2.05, 4.69) is 20.6 Å². The van der Waals surface area contributed by atoms with Crippen LogP contribution in [0.2, 0.25) is 5.02 Å². The maximum Gasteiger partial charge on any atom is 0.144 e. The van der Waals surface area contributed by atoms with Gasteiger partial charge in [-0.1, -0.05) is 41.6 Å². The minimum atomic E-state index is 0.714. The van der Waals surface area contributed by atoms with Crippen LogP contribution in [0.5, 0.6) is 0 Å². The Morgan fingerprint density at radius 1 is 1.04 bits per heavy atom. The summed E-state index contributed by atoms with van der Waals surface area (Å²) in [6.45, 7) is 0. The molecule has 0 aliphatic heterocycles. The maximum atomic E-state index is 6.09. The fourth-order valence-corrected chi connectivity index (χ4v) is 3.94. The van der Waals surface area contributed by atoms with Crippen molar-refractivity contribution >= 4 is 40.1 Å². The van der Waals surface area contributed by atoms with Gasteiger partial charge in [0.15, 0.2) is 0 Å². The number of nitrogen functional groups attached to an aromatic ring is 1. The Kier molecular flexibility index (Phi) is 4.11. The van der Waals surface area contributed by atoms with Crippen molar-refractivity contribution in [1.29, 1.82) is 0 Å². The molecule has 2 aromatic heterocycles. The van der Waals surface area contributed by atoms with Crippen LogP contribution in [-0.4, -0.2) is 14.5 Å². The topological polar surface area (TPSA) is 56.7 Å². The molecule has 25 heavy (non-hydrogen) atoms. The summed E-state index contributed by atoms with van der Waals surface area (Å²) in [5.74, 6) is 0. The van der Waals surface area contributed by atoms with Gasteiger partial charge in [0.1, 0.15) is 17.0 Å². The lowest BCUT2D eigenvalue weighted by Gasteiger charge is -2.04. The normalized spacial score (nSPS) is 11.1. The van der Waals surface area contributed by atoms with Crippen molar-refractivity contribution in [1.82, 2.24) is 14.5 Å². The summed E-state index contributed by atoms with van der Waals surface area (Å²) in [7, 11) is 2.01. The Balaban J connectivity index is 1.82. The summed E-state index contributed by atoms with van der Waals surface area (Å²) in [5.41, 5.74) is 9.60. The Hall–Kier alpha value is -2.50. The van der Waals surface area contributed by atoms with E-state index in [9.17, 15) is 0 Å². The molecule has 2 N–H and O–H groups in total. The van der Waals surface area contributed by atoms with E-state index in [1.165, 1.54) is 0 Å². The molecule has 0 saturated carbocycles. The molecule has 0 unspecified atom stereocenters. The maximum absolute atomic E-state index is 6.09. The molecule has 124 valence electrons. The first-order valence-electron chi connectivity index (χ1n) is 7.71. The fourth-order valence-electron chi connectivity index (χ4n) is 2.77. The summed E-state index contributed by atoms with van der Waals surface area (Å²) < 4.78 is 2.07. The van der Waals surface area contributed by atoms with Gasteiger partial charge in [-0.25, -0.2) is 9.97 Å². The number of fused-ring (bicyclic) bond motifs is 1. The highest BCUT2D eigenvalue weighted by atomic mass is 35.5. The van der Waals surface area contributed by atoms with Crippen LogP contribution >= 0.6 is 23.4 Å². The summed E-state index contributed by atoms with van der Waals surface area (Å²) in [6, 6.07) is 17.7. The standard InChI is InChI=1S/C19H15ClN4S/c1-24-17(12-5-7-14(21)8-6-12)10-16-18(24)22-11-23-19(16)25-15-4-2-3-13(20)9-15/h2-11H,21H2,1H3. The van der Waals surface area contributed by atoms with E-state index in [4.69, 9.17) is 17.3 Å². The van der Waals surface area contributed by atoms with Gasteiger partial charge in [-0.05, 0) is 42.0 Å². The number of anilines is 1. The molecule has 4 nitrogen and oxygen atoms in total. The monoisotopic (exact) mass is 366 g/mol. The molecule has 4 aromatic rings. The van der Waals surface area contributed by atoms with Gasteiger partial charge in [0, 0.05) is 22.7 Å². The van der Waals surface area contributed by atoms with Crippen LogP contribution in [0, 0.1) is 0 Å². The van der Waals surface area contributed by atoms with E-state index in [1.54, 1.807) is 18.1 Å². The average molecular weight is 367 g/mol. The van der Waals surface area contributed by atoms with Crippen molar-refractivity contribution in [3.8, 4) is 11.3 Å². The highest BCUT2D eigenvalue weighted by molar-refractivity contribution is 7.99. The number of benzene rings is 2. The minimum absolute atomic E-state index is 0.714. The Morgan fingerprint density at radius 3 is 2.60 bits per heavy atom. The number of aryl methyl sites for hydroxylation is 1. The third-order valence-electron chi connectivity index (χ3n) is 4.00. The first-order valence-corrected chi connectivity index (χ1v) is 8.91. The molecule has 4 rings (SSSR count). The predicted octanol–water partition coefficient (Wildman–Crippen LogP) is 5.02. The van der Waals surface area contributed by atoms with Crippen LogP contribution in [-0.2, 0) is 7.05 Å². The zero-order chi connectivity index (χ0) is 17.4. The molecular formula is C19H15ClN4S. The van der Waals surface area contributed by atoms with Gasteiger partial charge in [-0.3, -0.25) is 0 Å².